The maximum Gasteiger partial charge on any atom is 0.417 e. The van der Waals surface area contributed by atoms with Crippen LogP contribution < -0.4 is 11.1 Å². The van der Waals surface area contributed by atoms with Crippen molar-refractivity contribution in [3.8, 4) is 11.3 Å². The minimum absolute atomic E-state index is 0.151. The molecule has 28 heavy (non-hydrogen) atoms. The molecule has 0 unspecified atom stereocenters. The van der Waals surface area contributed by atoms with Crippen LogP contribution in [0.25, 0.3) is 28.0 Å². The number of hydrogen-bond donors (Lipinski definition) is 2. The number of fused-ring (bicyclic) bond motifs is 2. The number of aromatic nitrogens is 4. The maximum atomic E-state index is 13.3. The number of nitrogens with one attached hydrogen (secondary N) is 2. The molecule has 0 radical (unpaired) electrons. The number of thiazole rings is 1. The monoisotopic (exact) mass is 395 g/mol. The molecule has 4 aromatic heterocycles. The first-order valence-corrected chi connectivity index (χ1v) is 8.97. The van der Waals surface area contributed by atoms with Crippen molar-refractivity contribution >= 4 is 39.1 Å². The molecule has 0 saturated carbocycles. The summed E-state index contributed by atoms with van der Waals surface area (Å²) in [5.74, 6) is -1.39. The average Bonchev–Trinajstić information content (AvgIpc) is 3.37. The van der Waals surface area contributed by atoms with Crippen LogP contribution >= 0.6 is 11.3 Å². The Morgan fingerprint density at radius 1 is 1.21 bits per heavy atom. The predicted octanol–water partition coefficient (Wildman–Crippen LogP) is 3.28. The summed E-state index contributed by atoms with van der Waals surface area (Å²) >= 11 is 1.25. The van der Waals surface area contributed by atoms with Crippen LogP contribution in [0, 0.1) is 5.82 Å². The van der Waals surface area contributed by atoms with Gasteiger partial charge in [-0.25, -0.2) is 19.2 Å². The number of aromatic amines is 1. The van der Waals surface area contributed by atoms with Gasteiger partial charge in [0.15, 0.2) is 10.7 Å². The van der Waals surface area contributed by atoms with Crippen LogP contribution in [0.4, 0.5) is 9.52 Å². The highest BCUT2D eigenvalue weighted by Crippen LogP contribution is 2.27. The summed E-state index contributed by atoms with van der Waals surface area (Å²) in [6.45, 7) is 0. The van der Waals surface area contributed by atoms with Crippen molar-refractivity contribution in [3.05, 3.63) is 70.2 Å². The van der Waals surface area contributed by atoms with E-state index in [-0.39, 0.29) is 5.69 Å². The Hall–Kier alpha value is -3.79. The van der Waals surface area contributed by atoms with Crippen LogP contribution in [-0.4, -0.2) is 25.3 Å². The third-order valence-corrected chi connectivity index (χ3v) is 4.85. The molecule has 0 aliphatic rings. The van der Waals surface area contributed by atoms with Crippen LogP contribution in [0.2, 0.25) is 0 Å². The van der Waals surface area contributed by atoms with E-state index in [1.54, 1.807) is 23.6 Å². The molecule has 8 nitrogen and oxygen atoms in total. The van der Waals surface area contributed by atoms with Crippen molar-refractivity contribution in [1.82, 2.24) is 19.4 Å². The van der Waals surface area contributed by atoms with Gasteiger partial charge in [0.25, 0.3) is 5.91 Å². The summed E-state index contributed by atoms with van der Waals surface area (Å²) in [5, 5.41) is 4.85. The van der Waals surface area contributed by atoms with Gasteiger partial charge < -0.3 is 8.82 Å². The Labute approximate surface area is 159 Å². The van der Waals surface area contributed by atoms with E-state index < -0.39 is 17.5 Å². The third kappa shape index (κ3) is 2.85. The molecule has 10 heteroatoms. The fraction of sp³-hybridized carbons (Fsp3) is 0. The molecule has 0 atom stereocenters. The zero-order valence-corrected chi connectivity index (χ0v) is 14.8. The smallest absolute Gasteiger partial charge is 0.408 e. The topological polar surface area (TPSA) is 105 Å². The number of carbonyl (C=O) groups is 1. The van der Waals surface area contributed by atoms with Crippen LogP contribution in [0.3, 0.4) is 0 Å². The molecule has 5 rings (SSSR count). The molecule has 1 aromatic carbocycles. The average molecular weight is 395 g/mol. The molecule has 138 valence electrons. The highest BCUT2D eigenvalue weighted by atomic mass is 32.1. The molecule has 0 saturated heterocycles. The number of imidazole rings is 1. The second-order valence-corrected chi connectivity index (χ2v) is 6.81. The van der Waals surface area contributed by atoms with Crippen molar-refractivity contribution < 1.29 is 13.6 Å². The number of rotatable bonds is 3. The quantitative estimate of drug-likeness (QED) is 0.488. The summed E-state index contributed by atoms with van der Waals surface area (Å²) in [5.41, 5.74) is 3.02. The second-order valence-electron chi connectivity index (χ2n) is 5.96. The first kappa shape index (κ1) is 16.4. The lowest BCUT2D eigenvalue weighted by atomic mass is 10.1. The molecule has 4 heterocycles. The lowest BCUT2D eigenvalue weighted by molar-refractivity contribution is 0.102. The van der Waals surface area contributed by atoms with Crippen molar-refractivity contribution in [2.45, 2.75) is 0 Å². The summed E-state index contributed by atoms with van der Waals surface area (Å²) < 4.78 is 19.8. The van der Waals surface area contributed by atoms with E-state index >= 15 is 0 Å². The normalized spacial score (nSPS) is 11.3. The van der Waals surface area contributed by atoms with E-state index in [1.165, 1.54) is 40.3 Å². The van der Waals surface area contributed by atoms with Crippen LogP contribution in [-0.2, 0) is 0 Å². The van der Waals surface area contributed by atoms with Crippen molar-refractivity contribution in [1.29, 1.82) is 0 Å². The first-order valence-electron chi connectivity index (χ1n) is 8.09. The number of benzene rings is 1. The lowest BCUT2D eigenvalue weighted by Gasteiger charge is -1.98. The SMILES string of the molecule is O=C(Nc1nc(-c2ccc3[nH]c(=O)oc3c2)cs1)c1cn2cc(F)ccc2n1. The Bertz CT molecular complexity index is 1410. The van der Waals surface area contributed by atoms with Gasteiger partial charge >= 0.3 is 5.76 Å². The van der Waals surface area contributed by atoms with E-state index in [0.29, 0.717) is 27.6 Å². The number of pyridine rings is 1. The Morgan fingerprint density at radius 3 is 3.00 bits per heavy atom. The van der Waals surface area contributed by atoms with Crippen LogP contribution in [0.15, 0.2) is 57.3 Å². The van der Waals surface area contributed by atoms with E-state index in [4.69, 9.17) is 4.42 Å². The van der Waals surface area contributed by atoms with Gasteiger partial charge in [-0.15, -0.1) is 11.3 Å². The summed E-state index contributed by atoms with van der Waals surface area (Å²) in [7, 11) is 0. The fourth-order valence-corrected chi connectivity index (χ4v) is 3.52. The van der Waals surface area contributed by atoms with Gasteiger partial charge in [-0.3, -0.25) is 15.1 Å². The van der Waals surface area contributed by atoms with Crippen LogP contribution in [0.5, 0.6) is 0 Å². The summed E-state index contributed by atoms with van der Waals surface area (Å²) in [4.78, 5) is 34.8. The molecule has 0 spiro atoms. The number of carbonyl (C=O) groups excluding carboxylic acids is 1. The van der Waals surface area contributed by atoms with Crippen molar-refractivity contribution in [3.63, 3.8) is 0 Å². The Balaban J connectivity index is 1.40. The molecule has 0 fully saturated rings. The number of amides is 1. The zero-order valence-electron chi connectivity index (χ0n) is 14.0. The number of hydrogen-bond acceptors (Lipinski definition) is 6. The van der Waals surface area contributed by atoms with E-state index in [0.717, 1.165) is 5.56 Å². The van der Waals surface area contributed by atoms with Gasteiger partial charge in [-0.1, -0.05) is 6.07 Å². The Morgan fingerprint density at radius 2 is 2.11 bits per heavy atom. The van der Waals surface area contributed by atoms with Gasteiger partial charge in [0, 0.05) is 23.3 Å². The van der Waals surface area contributed by atoms with E-state index in [9.17, 15) is 14.0 Å². The summed E-state index contributed by atoms with van der Waals surface area (Å²) in [6, 6.07) is 7.99. The highest BCUT2D eigenvalue weighted by Gasteiger charge is 2.14. The third-order valence-electron chi connectivity index (χ3n) is 4.09. The number of H-pyrrole nitrogens is 1. The maximum absolute atomic E-state index is 13.3. The van der Waals surface area contributed by atoms with Crippen LogP contribution in [0.1, 0.15) is 10.5 Å². The summed E-state index contributed by atoms with van der Waals surface area (Å²) in [6.07, 6.45) is 2.69. The minimum atomic E-state index is -0.522. The zero-order chi connectivity index (χ0) is 19.3. The van der Waals surface area contributed by atoms with Gasteiger partial charge in [0.05, 0.1) is 11.2 Å². The lowest BCUT2D eigenvalue weighted by Crippen LogP contribution is -2.12. The van der Waals surface area contributed by atoms with E-state index in [2.05, 4.69) is 20.3 Å². The Kier molecular flexibility index (Phi) is 3.59. The molecular formula is C18H10FN5O3S. The highest BCUT2D eigenvalue weighted by molar-refractivity contribution is 7.14. The molecular weight excluding hydrogens is 385 g/mol. The largest absolute Gasteiger partial charge is 0.417 e. The number of oxazole rings is 1. The van der Waals surface area contributed by atoms with Crippen molar-refractivity contribution in [2.75, 3.05) is 5.32 Å². The van der Waals surface area contributed by atoms with Gasteiger partial charge in [-0.2, -0.15) is 0 Å². The predicted molar refractivity (Wildman–Crippen MR) is 101 cm³/mol. The minimum Gasteiger partial charge on any atom is -0.408 e. The molecule has 0 bridgehead atoms. The van der Waals surface area contributed by atoms with Gasteiger partial charge in [0.1, 0.15) is 17.2 Å². The second kappa shape index (κ2) is 6.13. The van der Waals surface area contributed by atoms with Gasteiger partial charge in [-0.05, 0) is 24.3 Å². The molecule has 5 aromatic rings. The number of halogens is 1. The molecule has 1 amide bonds. The first-order chi connectivity index (χ1) is 13.5. The fourth-order valence-electron chi connectivity index (χ4n) is 2.80. The molecule has 0 aliphatic heterocycles. The molecule has 2 N–H and O–H groups in total. The number of anilines is 1. The van der Waals surface area contributed by atoms with E-state index in [1.807, 2.05) is 0 Å². The van der Waals surface area contributed by atoms with Crippen molar-refractivity contribution in [2.24, 2.45) is 0 Å². The number of nitrogens with zero attached hydrogens (tertiary/aromatic N) is 3. The molecule has 0 aliphatic carbocycles. The standard InChI is InChI=1S/C18H10FN5O3S/c19-10-2-4-15-20-12(7-24(15)6-10)16(25)23-17-21-13(8-28-17)9-1-3-11-14(5-9)27-18(26)22-11/h1-8H,(H,22,26)(H,21,23,25). The van der Waals surface area contributed by atoms with Gasteiger partial charge in [0.2, 0.25) is 0 Å².